The maximum absolute atomic E-state index is 10.0. The van der Waals surface area contributed by atoms with E-state index in [1.165, 1.54) is 11.1 Å². The van der Waals surface area contributed by atoms with E-state index in [9.17, 15) is 5.26 Å². The lowest BCUT2D eigenvalue weighted by molar-refractivity contribution is 0.0341. The van der Waals surface area contributed by atoms with E-state index in [0.29, 0.717) is 16.3 Å². The van der Waals surface area contributed by atoms with Gasteiger partial charge in [0.1, 0.15) is 6.07 Å². The SMILES string of the molecule is Cc1cc(-c2cccc(CN3CCOCC3)c2)cc(Cl)c1Nc1c(C#N)cnc2cc(-c3cccc(CN4CCOCC4)c3)ccc12. The molecule has 1 aromatic heterocycles. The summed E-state index contributed by atoms with van der Waals surface area (Å²) < 4.78 is 11.0. The predicted molar refractivity (Wildman–Crippen MR) is 189 cm³/mol. The normalized spacial score (nSPS) is 15.9. The summed E-state index contributed by atoms with van der Waals surface area (Å²) in [7, 11) is 0. The molecule has 7 rings (SSSR count). The van der Waals surface area contributed by atoms with Gasteiger partial charge in [-0.05, 0) is 76.2 Å². The number of benzene rings is 4. The van der Waals surface area contributed by atoms with Gasteiger partial charge in [-0.15, -0.1) is 0 Å². The molecule has 238 valence electrons. The molecule has 0 bridgehead atoms. The van der Waals surface area contributed by atoms with Crippen LogP contribution in [0.2, 0.25) is 5.02 Å². The molecule has 0 atom stereocenters. The number of rotatable bonds is 8. The third-order valence-electron chi connectivity index (χ3n) is 9.07. The molecule has 5 aromatic rings. The minimum Gasteiger partial charge on any atom is -0.379 e. The van der Waals surface area contributed by atoms with E-state index in [0.717, 1.165) is 110 Å². The summed E-state index contributed by atoms with van der Waals surface area (Å²) in [6.45, 7) is 10.8. The number of ether oxygens (including phenoxy) is 2. The third-order valence-corrected chi connectivity index (χ3v) is 9.37. The number of nitrogens with zero attached hydrogens (tertiary/aromatic N) is 4. The molecule has 47 heavy (non-hydrogen) atoms. The number of halogens is 1. The Balaban J connectivity index is 1.15. The summed E-state index contributed by atoms with van der Waals surface area (Å²) >= 11 is 6.97. The van der Waals surface area contributed by atoms with Gasteiger partial charge in [0.2, 0.25) is 0 Å². The van der Waals surface area contributed by atoms with Gasteiger partial charge >= 0.3 is 0 Å². The largest absolute Gasteiger partial charge is 0.379 e. The molecule has 0 amide bonds. The van der Waals surface area contributed by atoms with Gasteiger partial charge < -0.3 is 14.8 Å². The molecule has 2 fully saturated rings. The Morgan fingerprint density at radius 2 is 1.34 bits per heavy atom. The van der Waals surface area contributed by atoms with Crippen LogP contribution < -0.4 is 5.32 Å². The summed E-state index contributed by atoms with van der Waals surface area (Å²) in [6, 6.07) is 30.1. The van der Waals surface area contributed by atoms with Crippen molar-refractivity contribution in [3.63, 3.8) is 0 Å². The molecule has 7 nitrogen and oxygen atoms in total. The quantitative estimate of drug-likeness (QED) is 0.185. The predicted octanol–water partition coefficient (Wildman–Crippen LogP) is 7.81. The van der Waals surface area contributed by atoms with Gasteiger partial charge in [-0.1, -0.05) is 60.1 Å². The fourth-order valence-corrected chi connectivity index (χ4v) is 6.83. The summed E-state index contributed by atoms with van der Waals surface area (Å²) in [5, 5.41) is 15.0. The molecule has 0 aliphatic carbocycles. The van der Waals surface area contributed by atoms with Gasteiger partial charge in [0.15, 0.2) is 0 Å². The fraction of sp³-hybridized carbons (Fsp3) is 0.282. The highest BCUT2D eigenvalue weighted by atomic mass is 35.5. The second kappa shape index (κ2) is 14.2. The lowest BCUT2D eigenvalue weighted by Crippen LogP contribution is -2.35. The van der Waals surface area contributed by atoms with Crippen molar-refractivity contribution in [2.45, 2.75) is 20.0 Å². The molecule has 0 saturated carbocycles. The van der Waals surface area contributed by atoms with Gasteiger partial charge in [0, 0.05) is 50.9 Å². The number of pyridine rings is 1. The van der Waals surface area contributed by atoms with Crippen molar-refractivity contribution in [2.75, 3.05) is 57.9 Å². The van der Waals surface area contributed by atoms with E-state index < -0.39 is 0 Å². The van der Waals surface area contributed by atoms with Crippen LogP contribution in [0.4, 0.5) is 11.4 Å². The molecule has 2 saturated heterocycles. The van der Waals surface area contributed by atoms with Crippen LogP contribution in [0.5, 0.6) is 0 Å². The van der Waals surface area contributed by atoms with Crippen LogP contribution in [-0.2, 0) is 22.6 Å². The number of aryl methyl sites for hydroxylation is 1. The minimum atomic E-state index is 0.466. The zero-order valence-corrected chi connectivity index (χ0v) is 27.4. The molecular formula is C39H38ClN5O2. The molecule has 1 N–H and O–H groups in total. The fourth-order valence-electron chi connectivity index (χ4n) is 6.52. The molecule has 2 aliphatic rings. The van der Waals surface area contributed by atoms with Crippen molar-refractivity contribution >= 4 is 33.9 Å². The van der Waals surface area contributed by atoms with Crippen LogP contribution in [-0.4, -0.2) is 67.4 Å². The van der Waals surface area contributed by atoms with Crippen molar-refractivity contribution in [3.05, 3.63) is 112 Å². The Kier molecular flexibility index (Phi) is 9.48. The van der Waals surface area contributed by atoms with Crippen molar-refractivity contribution < 1.29 is 9.47 Å². The summed E-state index contributed by atoms with van der Waals surface area (Å²) in [6.07, 6.45) is 1.64. The van der Waals surface area contributed by atoms with Crippen LogP contribution in [0.1, 0.15) is 22.3 Å². The van der Waals surface area contributed by atoms with Gasteiger partial charge in [0.25, 0.3) is 0 Å². The smallest absolute Gasteiger partial charge is 0.103 e. The van der Waals surface area contributed by atoms with Crippen LogP contribution in [0.3, 0.4) is 0 Å². The molecule has 2 aliphatic heterocycles. The van der Waals surface area contributed by atoms with Crippen molar-refractivity contribution in [2.24, 2.45) is 0 Å². The van der Waals surface area contributed by atoms with Gasteiger partial charge in [-0.3, -0.25) is 14.8 Å². The first-order chi connectivity index (χ1) is 23.0. The zero-order valence-electron chi connectivity index (χ0n) is 26.6. The number of nitriles is 1. The van der Waals surface area contributed by atoms with E-state index in [2.05, 4.69) is 92.9 Å². The Hall–Kier alpha value is -4.29. The van der Waals surface area contributed by atoms with Gasteiger partial charge in [-0.2, -0.15) is 5.26 Å². The lowest BCUT2D eigenvalue weighted by Gasteiger charge is -2.26. The molecule has 0 radical (unpaired) electrons. The number of aromatic nitrogens is 1. The summed E-state index contributed by atoms with van der Waals surface area (Å²) in [4.78, 5) is 9.53. The van der Waals surface area contributed by atoms with E-state index in [4.69, 9.17) is 21.1 Å². The monoisotopic (exact) mass is 643 g/mol. The van der Waals surface area contributed by atoms with E-state index in [1.54, 1.807) is 6.20 Å². The number of nitrogens with one attached hydrogen (secondary N) is 1. The topological polar surface area (TPSA) is 73.7 Å². The van der Waals surface area contributed by atoms with Crippen LogP contribution in [0.25, 0.3) is 33.2 Å². The first kappa shape index (κ1) is 31.3. The number of morpholine rings is 2. The molecule has 0 unspecified atom stereocenters. The zero-order chi connectivity index (χ0) is 32.2. The Morgan fingerprint density at radius 1 is 0.745 bits per heavy atom. The Morgan fingerprint density at radius 3 is 1.94 bits per heavy atom. The van der Waals surface area contributed by atoms with Crippen LogP contribution >= 0.6 is 11.6 Å². The van der Waals surface area contributed by atoms with E-state index in [-0.39, 0.29) is 0 Å². The maximum atomic E-state index is 10.0. The number of hydrogen-bond acceptors (Lipinski definition) is 7. The van der Waals surface area contributed by atoms with Crippen LogP contribution in [0.15, 0.2) is 85.1 Å². The number of anilines is 2. The average Bonchev–Trinajstić information content (AvgIpc) is 3.10. The Labute approximate surface area is 281 Å². The van der Waals surface area contributed by atoms with Crippen LogP contribution in [0, 0.1) is 18.3 Å². The number of hydrogen-bond donors (Lipinski definition) is 1. The van der Waals surface area contributed by atoms with Gasteiger partial charge in [0.05, 0.1) is 53.9 Å². The highest BCUT2D eigenvalue weighted by Gasteiger charge is 2.17. The first-order valence-electron chi connectivity index (χ1n) is 16.2. The maximum Gasteiger partial charge on any atom is 0.103 e. The van der Waals surface area contributed by atoms with E-state index in [1.807, 2.05) is 19.1 Å². The Bertz CT molecular complexity index is 1920. The number of fused-ring (bicyclic) bond motifs is 1. The van der Waals surface area contributed by atoms with Crippen molar-refractivity contribution in [1.29, 1.82) is 5.26 Å². The highest BCUT2D eigenvalue weighted by Crippen LogP contribution is 2.38. The van der Waals surface area contributed by atoms with Crippen molar-refractivity contribution in [3.8, 4) is 28.3 Å². The standard InChI is InChI=1S/C39H38ClN5O2/c1-27-18-33(31-7-3-5-29(20-31)26-45-12-16-47-17-13-45)21-36(40)38(27)43-39-34(23-41)24-42-37-22-32(8-9-35(37)39)30-6-2-4-28(19-30)25-44-10-14-46-15-11-44/h2-9,18-22,24H,10-17,25-26H2,1H3,(H,42,43). The molecule has 8 heteroatoms. The molecule has 4 aromatic carbocycles. The first-order valence-corrected chi connectivity index (χ1v) is 16.6. The lowest BCUT2D eigenvalue weighted by atomic mass is 9.99. The molecule has 0 spiro atoms. The second-order valence-electron chi connectivity index (χ2n) is 12.3. The summed E-state index contributed by atoms with van der Waals surface area (Å²) in [5.74, 6) is 0. The van der Waals surface area contributed by atoms with Gasteiger partial charge in [-0.25, -0.2) is 0 Å². The third kappa shape index (κ3) is 7.18. The highest BCUT2D eigenvalue weighted by molar-refractivity contribution is 6.34. The van der Waals surface area contributed by atoms with E-state index >= 15 is 0 Å². The molecule has 3 heterocycles. The average molecular weight is 644 g/mol. The second-order valence-corrected chi connectivity index (χ2v) is 12.8. The molecular weight excluding hydrogens is 606 g/mol. The summed E-state index contributed by atoms with van der Waals surface area (Å²) in [5.41, 5.74) is 10.7. The minimum absolute atomic E-state index is 0.466. The van der Waals surface area contributed by atoms with Crippen molar-refractivity contribution in [1.82, 2.24) is 14.8 Å².